The number of carbonyl (C=O) groups excluding carboxylic acids is 1. The van der Waals surface area contributed by atoms with Crippen molar-refractivity contribution in [3.05, 3.63) is 57.6 Å². The number of carbonyl (C=O) groups is 1. The molecule has 0 atom stereocenters. The van der Waals surface area contributed by atoms with Gasteiger partial charge in [0.05, 0.1) is 4.92 Å². The summed E-state index contributed by atoms with van der Waals surface area (Å²) in [4.78, 5) is 22.1. The lowest BCUT2D eigenvalue weighted by molar-refractivity contribution is -0.386. The molecule has 0 aromatic heterocycles. The zero-order valence-electron chi connectivity index (χ0n) is 14.4. The zero-order chi connectivity index (χ0) is 20.0. The quantitative estimate of drug-likeness (QED) is 0.390. The Balaban J connectivity index is 1.94. The van der Waals surface area contributed by atoms with Crippen LogP contribution in [0.3, 0.4) is 0 Å². The van der Waals surface area contributed by atoms with Gasteiger partial charge >= 0.3 is 5.69 Å². The fourth-order valence-corrected chi connectivity index (χ4v) is 3.37. The molecule has 2 rings (SSSR count). The second-order valence-electron chi connectivity index (χ2n) is 5.77. The number of para-hydroxylation sites is 1. The molecule has 2 aromatic carbocycles. The second-order valence-corrected chi connectivity index (χ2v) is 8.19. The molecule has 0 spiro atoms. The molecule has 144 valence electrons. The number of nitrogens with zero attached hydrogens (tertiary/aromatic N) is 1. The first-order chi connectivity index (χ1) is 12.7. The number of rotatable bonds is 8. The van der Waals surface area contributed by atoms with E-state index in [4.69, 9.17) is 11.6 Å². The number of nitro groups is 1. The molecule has 27 heavy (non-hydrogen) atoms. The smallest absolute Gasteiger partial charge is 0.310 e. The van der Waals surface area contributed by atoms with Crippen molar-refractivity contribution >= 4 is 44.4 Å². The van der Waals surface area contributed by atoms with Crippen LogP contribution in [0.4, 0.5) is 17.1 Å². The zero-order valence-corrected chi connectivity index (χ0v) is 16.0. The van der Waals surface area contributed by atoms with Crippen LogP contribution < -0.4 is 10.6 Å². The van der Waals surface area contributed by atoms with E-state index in [-0.39, 0.29) is 29.5 Å². The molecular weight excluding hydrogens is 394 g/mol. The highest BCUT2D eigenvalue weighted by Crippen LogP contribution is 2.31. The third-order valence-corrected chi connectivity index (χ3v) is 4.99. The van der Waals surface area contributed by atoms with Crippen LogP contribution >= 0.6 is 11.6 Å². The number of nitro benzene ring substituents is 1. The first-order valence-corrected chi connectivity index (χ1v) is 10.2. The highest BCUT2D eigenvalue weighted by atomic mass is 35.5. The number of sulfone groups is 1. The molecule has 0 saturated carbocycles. The Morgan fingerprint density at radius 1 is 1.19 bits per heavy atom. The van der Waals surface area contributed by atoms with Crippen LogP contribution in [0, 0.1) is 10.1 Å². The van der Waals surface area contributed by atoms with Crippen LogP contribution in [0.1, 0.15) is 12.8 Å². The summed E-state index contributed by atoms with van der Waals surface area (Å²) in [7, 11) is -3.74. The summed E-state index contributed by atoms with van der Waals surface area (Å²) in [5.41, 5.74) is 0.223. The molecule has 0 bridgehead atoms. The summed E-state index contributed by atoms with van der Waals surface area (Å²) in [6.45, 7) is 0.266. The Bertz CT molecular complexity index is 946. The van der Waals surface area contributed by atoms with E-state index >= 15 is 0 Å². The minimum Gasteiger partial charge on any atom is -0.379 e. The summed E-state index contributed by atoms with van der Waals surface area (Å²) >= 11 is 5.78. The van der Waals surface area contributed by atoms with Gasteiger partial charge in [0.2, 0.25) is 5.91 Å². The average molecular weight is 412 g/mol. The summed E-state index contributed by atoms with van der Waals surface area (Å²) in [6, 6.07) is 10.7. The molecule has 2 N–H and O–H groups in total. The number of benzene rings is 2. The fourth-order valence-electron chi connectivity index (χ4n) is 2.38. The van der Waals surface area contributed by atoms with Crippen LogP contribution in [0.15, 0.2) is 47.4 Å². The molecule has 0 aliphatic rings. The number of hydrogen-bond acceptors (Lipinski definition) is 6. The van der Waals surface area contributed by atoms with E-state index in [9.17, 15) is 23.3 Å². The third kappa shape index (κ3) is 5.93. The van der Waals surface area contributed by atoms with Crippen LogP contribution in [0.25, 0.3) is 0 Å². The second kappa shape index (κ2) is 8.83. The summed E-state index contributed by atoms with van der Waals surface area (Å²) in [5, 5.41) is 17.4. The molecule has 0 unspecified atom stereocenters. The Morgan fingerprint density at radius 3 is 2.44 bits per heavy atom. The van der Waals surface area contributed by atoms with Crippen molar-refractivity contribution in [3.8, 4) is 0 Å². The molecular formula is C17H18ClN3O5S. The van der Waals surface area contributed by atoms with Crippen molar-refractivity contribution in [2.24, 2.45) is 0 Å². The predicted octanol–water partition coefficient (Wildman–Crippen LogP) is 3.48. The predicted molar refractivity (Wildman–Crippen MR) is 104 cm³/mol. The van der Waals surface area contributed by atoms with Crippen molar-refractivity contribution in [1.82, 2.24) is 0 Å². The molecule has 1 amide bonds. The van der Waals surface area contributed by atoms with Gasteiger partial charge in [-0.15, -0.1) is 0 Å². The Morgan fingerprint density at radius 2 is 1.85 bits per heavy atom. The Hall–Kier alpha value is -2.65. The van der Waals surface area contributed by atoms with Gasteiger partial charge in [0, 0.05) is 29.9 Å². The largest absolute Gasteiger partial charge is 0.379 e. The first-order valence-electron chi connectivity index (χ1n) is 7.95. The van der Waals surface area contributed by atoms with Gasteiger partial charge in [-0.05, 0) is 42.8 Å². The van der Waals surface area contributed by atoms with Crippen LogP contribution in [0.2, 0.25) is 5.02 Å². The summed E-state index contributed by atoms with van der Waals surface area (Å²) in [5.74, 6) is -0.210. The molecule has 10 heteroatoms. The normalized spacial score (nSPS) is 11.0. The average Bonchev–Trinajstić information content (AvgIpc) is 2.59. The van der Waals surface area contributed by atoms with Gasteiger partial charge in [-0.1, -0.05) is 17.7 Å². The van der Waals surface area contributed by atoms with Gasteiger partial charge in [0.1, 0.15) is 10.6 Å². The standard InChI is InChI=1S/C17H18ClN3O5S/c1-27(25,26)15-5-2-4-14(17(15)21(23)24)19-11-3-6-16(22)20-13-9-7-12(18)8-10-13/h2,4-5,7-10,19H,3,6,11H2,1H3,(H,20,22). The van der Waals surface area contributed by atoms with E-state index in [0.29, 0.717) is 17.1 Å². The highest BCUT2D eigenvalue weighted by Gasteiger charge is 2.25. The number of nitrogens with one attached hydrogen (secondary N) is 2. The maximum absolute atomic E-state index is 11.9. The monoisotopic (exact) mass is 411 g/mol. The van der Waals surface area contributed by atoms with Crippen LogP contribution in [0.5, 0.6) is 0 Å². The van der Waals surface area contributed by atoms with Gasteiger partial charge in [-0.25, -0.2) is 8.42 Å². The third-order valence-electron chi connectivity index (χ3n) is 3.61. The van der Waals surface area contributed by atoms with E-state index in [1.165, 1.54) is 18.2 Å². The topological polar surface area (TPSA) is 118 Å². The van der Waals surface area contributed by atoms with Crippen LogP contribution in [-0.4, -0.2) is 32.0 Å². The summed E-state index contributed by atoms with van der Waals surface area (Å²) in [6.07, 6.45) is 1.51. The molecule has 0 heterocycles. The van der Waals surface area contributed by atoms with Crippen LogP contribution in [-0.2, 0) is 14.6 Å². The van der Waals surface area contributed by atoms with E-state index in [2.05, 4.69) is 10.6 Å². The number of hydrogen-bond donors (Lipinski definition) is 2. The molecule has 0 fully saturated rings. The maximum Gasteiger partial charge on any atom is 0.310 e. The van der Waals surface area contributed by atoms with E-state index < -0.39 is 20.4 Å². The van der Waals surface area contributed by atoms with Crippen molar-refractivity contribution in [1.29, 1.82) is 0 Å². The minimum absolute atomic E-state index is 0.0982. The maximum atomic E-state index is 11.9. The Kier molecular flexibility index (Phi) is 6.75. The number of anilines is 2. The molecule has 2 aromatic rings. The van der Waals surface area contributed by atoms with E-state index in [1.807, 2.05) is 0 Å². The SMILES string of the molecule is CS(=O)(=O)c1cccc(NCCCC(=O)Nc2ccc(Cl)cc2)c1[N+](=O)[O-]. The van der Waals surface area contributed by atoms with Crippen molar-refractivity contribution < 1.29 is 18.1 Å². The summed E-state index contributed by atoms with van der Waals surface area (Å²) < 4.78 is 23.5. The van der Waals surface area contributed by atoms with Gasteiger partial charge < -0.3 is 10.6 Å². The van der Waals surface area contributed by atoms with Gasteiger partial charge in [-0.3, -0.25) is 14.9 Å². The molecule has 0 saturated heterocycles. The number of amides is 1. The first kappa shape index (κ1) is 20.7. The molecule has 0 aliphatic carbocycles. The molecule has 0 radical (unpaired) electrons. The fraction of sp³-hybridized carbons (Fsp3) is 0.235. The molecule has 0 aliphatic heterocycles. The number of halogens is 1. The van der Waals surface area contributed by atoms with E-state index in [1.54, 1.807) is 24.3 Å². The van der Waals surface area contributed by atoms with Crippen molar-refractivity contribution in [2.45, 2.75) is 17.7 Å². The molecule has 8 nitrogen and oxygen atoms in total. The lowest BCUT2D eigenvalue weighted by atomic mass is 10.2. The lowest BCUT2D eigenvalue weighted by Gasteiger charge is -2.10. The van der Waals surface area contributed by atoms with E-state index in [0.717, 1.165) is 6.26 Å². The van der Waals surface area contributed by atoms with Crippen molar-refractivity contribution in [3.63, 3.8) is 0 Å². The van der Waals surface area contributed by atoms with Crippen molar-refractivity contribution in [2.75, 3.05) is 23.4 Å². The highest BCUT2D eigenvalue weighted by molar-refractivity contribution is 7.90. The van der Waals surface area contributed by atoms with Gasteiger partial charge in [0.25, 0.3) is 0 Å². The minimum atomic E-state index is -3.74. The Labute approximate surface area is 161 Å². The van der Waals surface area contributed by atoms with Gasteiger partial charge in [-0.2, -0.15) is 0 Å². The lowest BCUT2D eigenvalue weighted by Crippen LogP contribution is -2.14. The van der Waals surface area contributed by atoms with Gasteiger partial charge in [0.15, 0.2) is 9.84 Å².